The summed E-state index contributed by atoms with van der Waals surface area (Å²) in [5, 5.41) is 6.67. The highest BCUT2D eigenvalue weighted by molar-refractivity contribution is 14.0. The van der Waals surface area contributed by atoms with Crippen LogP contribution in [0.25, 0.3) is 0 Å². The minimum absolute atomic E-state index is 0. The van der Waals surface area contributed by atoms with Gasteiger partial charge in [0, 0.05) is 32.4 Å². The molecule has 152 valence electrons. The summed E-state index contributed by atoms with van der Waals surface area (Å²) in [6, 6.07) is 12.0. The Morgan fingerprint density at radius 2 is 2.04 bits per heavy atom. The van der Waals surface area contributed by atoms with Gasteiger partial charge in [-0.05, 0) is 48.4 Å². The molecule has 1 aromatic heterocycles. The van der Waals surface area contributed by atoms with Gasteiger partial charge in [0.25, 0.3) is 0 Å². The zero-order chi connectivity index (χ0) is 18.9. The summed E-state index contributed by atoms with van der Waals surface area (Å²) in [4.78, 5) is 8.56. The molecule has 1 aromatic carbocycles. The lowest BCUT2D eigenvalue weighted by Crippen LogP contribution is -2.37. The minimum atomic E-state index is 0. The Kier molecular flexibility index (Phi) is 9.33. The van der Waals surface area contributed by atoms with Crippen molar-refractivity contribution in [2.45, 2.75) is 25.8 Å². The Morgan fingerprint density at radius 1 is 1.21 bits per heavy atom. The summed E-state index contributed by atoms with van der Waals surface area (Å²) in [6.45, 7) is 2.21. The molecule has 0 unspecified atom stereocenters. The number of methoxy groups -OCH3 is 1. The second-order valence-electron chi connectivity index (χ2n) is 6.67. The Bertz CT molecular complexity index is 766. The normalized spacial score (nSPS) is 13.4. The van der Waals surface area contributed by atoms with Crippen molar-refractivity contribution in [2.75, 3.05) is 27.3 Å². The molecule has 6 nitrogen and oxygen atoms in total. The summed E-state index contributed by atoms with van der Waals surface area (Å²) in [5.74, 6) is 3.10. The first-order valence-corrected chi connectivity index (χ1v) is 9.42. The number of hydrogen-bond acceptors (Lipinski definition) is 4. The van der Waals surface area contributed by atoms with E-state index in [0.717, 1.165) is 42.8 Å². The third kappa shape index (κ3) is 7.18. The lowest BCUT2D eigenvalue weighted by Gasteiger charge is -2.13. The van der Waals surface area contributed by atoms with Gasteiger partial charge in [0.05, 0.1) is 13.7 Å². The molecular weight excluding hydrogens is 467 g/mol. The van der Waals surface area contributed by atoms with Crippen molar-refractivity contribution < 1.29 is 9.47 Å². The number of aliphatic imine (C=N–C) groups is 1. The first kappa shape index (κ1) is 22.3. The largest absolute Gasteiger partial charge is 0.496 e. The number of hydrogen-bond donors (Lipinski definition) is 2. The van der Waals surface area contributed by atoms with E-state index in [2.05, 4.69) is 26.7 Å². The first-order chi connectivity index (χ1) is 13.3. The zero-order valence-electron chi connectivity index (χ0n) is 16.5. The topological polar surface area (TPSA) is 67.8 Å². The molecule has 1 aliphatic carbocycles. The highest BCUT2D eigenvalue weighted by atomic mass is 127. The van der Waals surface area contributed by atoms with Crippen LogP contribution in [0.5, 0.6) is 11.6 Å². The number of pyridine rings is 1. The van der Waals surface area contributed by atoms with Crippen molar-refractivity contribution in [3.8, 4) is 11.6 Å². The Hall–Kier alpha value is -2.03. The predicted octanol–water partition coefficient (Wildman–Crippen LogP) is 3.40. The molecule has 2 aromatic rings. The van der Waals surface area contributed by atoms with E-state index >= 15 is 0 Å². The molecule has 0 radical (unpaired) electrons. The number of benzene rings is 1. The lowest BCUT2D eigenvalue weighted by atomic mass is 10.1. The van der Waals surface area contributed by atoms with Crippen LogP contribution in [-0.4, -0.2) is 38.3 Å². The van der Waals surface area contributed by atoms with Gasteiger partial charge >= 0.3 is 0 Å². The molecule has 7 heteroatoms. The maximum atomic E-state index is 5.74. The van der Waals surface area contributed by atoms with Gasteiger partial charge in [0.2, 0.25) is 5.88 Å². The Balaban J connectivity index is 0.00000280. The monoisotopic (exact) mass is 496 g/mol. The standard InChI is InChI=1S/C21H28N4O2.HI/c1-22-21(24-12-10-18-5-3-4-6-19(18)26-2)25-14-17-9-11-23-20(13-17)27-15-16-7-8-16;/h3-6,9,11,13,16H,7-8,10,12,14-15H2,1-2H3,(H2,22,24,25);1H. The third-order valence-corrected chi connectivity index (χ3v) is 4.53. The van der Waals surface area contributed by atoms with E-state index in [-0.39, 0.29) is 24.0 Å². The number of ether oxygens (including phenoxy) is 2. The molecule has 1 heterocycles. The molecule has 1 fully saturated rings. The summed E-state index contributed by atoms with van der Waals surface area (Å²) >= 11 is 0. The molecule has 0 saturated heterocycles. The zero-order valence-corrected chi connectivity index (χ0v) is 18.8. The molecule has 1 saturated carbocycles. The quantitative estimate of drug-likeness (QED) is 0.317. The van der Waals surface area contributed by atoms with Gasteiger partial charge in [-0.2, -0.15) is 0 Å². The summed E-state index contributed by atoms with van der Waals surface area (Å²) in [5.41, 5.74) is 2.29. The molecule has 0 amide bonds. The van der Waals surface area contributed by atoms with Crippen molar-refractivity contribution in [3.63, 3.8) is 0 Å². The molecule has 3 rings (SSSR count). The summed E-state index contributed by atoms with van der Waals surface area (Å²) in [7, 11) is 3.47. The van der Waals surface area contributed by atoms with E-state index in [0.29, 0.717) is 12.4 Å². The number of guanidine groups is 1. The number of aromatic nitrogens is 1. The first-order valence-electron chi connectivity index (χ1n) is 9.42. The van der Waals surface area contributed by atoms with Crippen LogP contribution in [0.4, 0.5) is 0 Å². The van der Waals surface area contributed by atoms with E-state index in [1.807, 2.05) is 30.3 Å². The van der Waals surface area contributed by atoms with Gasteiger partial charge < -0.3 is 20.1 Å². The molecule has 0 aliphatic heterocycles. The average Bonchev–Trinajstić information content (AvgIpc) is 3.54. The van der Waals surface area contributed by atoms with Crippen LogP contribution in [0, 0.1) is 5.92 Å². The van der Waals surface area contributed by atoms with Crippen molar-refractivity contribution >= 4 is 29.9 Å². The van der Waals surface area contributed by atoms with Gasteiger partial charge in [-0.1, -0.05) is 18.2 Å². The SMILES string of the molecule is CN=C(NCCc1ccccc1OC)NCc1ccnc(OCC2CC2)c1.I. The number of nitrogens with one attached hydrogen (secondary N) is 2. The smallest absolute Gasteiger partial charge is 0.213 e. The number of para-hydroxylation sites is 1. The Morgan fingerprint density at radius 3 is 2.79 bits per heavy atom. The third-order valence-electron chi connectivity index (χ3n) is 4.53. The molecule has 0 spiro atoms. The fraction of sp³-hybridized carbons (Fsp3) is 0.429. The number of halogens is 1. The maximum Gasteiger partial charge on any atom is 0.213 e. The molecule has 2 N–H and O–H groups in total. The molecule has 28 heavy (non-hydrogen) atoms. The van der Waals surface area contributed by atoms with E-state index in [9.17, 15) is 0 Å². The van der Waals surface area contributed by atoms with Crippen LogP contribution in [0.1, 0.15) is 24.0 Å². The van der Waals surface area contributed by atoms with Crippen LogP contribution in [-0.2, 0) is 13.0 Å². The van der Waals surface area contributed by atoms with Crippen LogP contribution in [0.15, 0.2) is 47.6 Å². The van der Waals surface area contributed by atoms with Crippen molar-refractivity contribution in [1.82, 2.24) is 15.6 Å². The van der Waals surface area contributed by atoms with Crippen LogP contribution >= 0.6 is 24.0 Å². The van der Waals surface area contributed by atoms with E-state index in [4.69, 9.17) is 9.47 Å². The number of rotatable bonds is 9. The van der Waals surface area contributed by atoms with Gasteiger partial charge in [-0.15, -0.1) is 24.0 Å². The van der Waals surface area contributed by atoms with E-state index in [1.54, 1.807) is 20.4 Å². The maximum absolute atomic E-state index is 5.74. The number of nitrogens with zero attached hydrogens (tertiary/aromatic N) is 2. The molecular formula is C21H29IN4O2. The van der Waals surface area contributed by atoms with Gasteiger partial charge in [0.15, 0.2) is 5.96 Å². The minimum Gasteiger partial charge on any atom is -0.496 e. The van der Waals surface area contributed by atoms with Gasteiger partial charge in [-0.25, -0.2) is 4.98 Å². The summed E-state index contributed by atoms with van der Waals surface area (Å²) < 4.78 is 11.1. The highest BCUT2D eigenvalue weighted by Crippen LogP contribution is 2.29. The molecule has 0 bridgehead atoms. The van der Waals surface area contributed by atoms with E-state index < -0.39 is 0 Å². The highest BCUT2D eigenvalue weighted by Gasteiger charge is 2.22. The van der Waals surface area contributed by atoms with Gasteiger partial charge in [0.1, 0.15) is 5.75 Å². The second kappa shape index (κ2) is 11.7. The van der Waals surface area contributed by atoms with Crippen molar-refractivity contribution in [1.29, 1.82) is 0 Å². The fourth-order valence-electron chi connectivity index (χ4n) is 2.76. The van der Waals surface area contributed by atoms with Crippen molar-refractivity contribution in [2.24, 2.45) is 10.9 Å². The molecule has 1 aliphatic rings. The van der Waals surface area contributed by atoms with Crippen LogP contribution < -0.4 is 20.1 Å². The fourth-order valence-corrected chi connectivity index (χ4v) is 2.76. The van der Waals surface area contributed by atoms with Crippen molar-refractivity contribution in [3.05, 3.63) is 53.7 Å². The van der Waals surface area contributed by atoms with Crippen LogP contribution in [0.3, 0.4) is 0 Å². The lowest BCUT2D eigenvalue weighted by molar-refractivity contribution is 0.288. The Labute approximate surface area is 184 Å². The summed E-state index contributed by atoms with van der Waals surface area (Å²) in [6.07, 6.45) is 5.20. The van der Waals surface area contributed by atoms with Gasteiger partial charge in [-0.3, -0.25) is 4.99 Å². The average molecular weight is 496 g/mol. The second-order valence-corrected chi connectivity index (χ2v) is 6.67. The predicted molar refractivity (Wildman–Crippen MR) is 123 cm³/mol. The van der Waals surface area contributed by atoms with Crippen LogP contribution in [0.2, 0.25) is 0 Å². The van der Waals surface area contributed by atoms with E-state index in [1.165, 1.54) is 18.4 Å². The molecule has 0 atom stereocenters.